The number of hydrogen-bond acceptors (Lipinski definition) is 4. The average molecular weight is 268 g/mol. The monoisotopic (exact) mass is 268 g/mol. The molecule has 0 saturated heterocycles. The summed E-state index contributed by atoms with van der Waals surface area (Å²) in [5, 5.41) is 3.21. The van der Waals surface area contributed by atoms with Gasteiger partial charge >= 0.3 is 0 Å². The van der Waals surface area contributed by atoms with E-state index in [0.717, 1.165) is 24.8 Å². The van der Waals surface area contributed by atoms with Crippen molar-refractivity contribution in [3.05, 3.63) is 30.1 Å². The third-order valence-corrected chi connectivity index (χ3v) is 5.34. The molecule has 1 fully saturated rings. The maximum Gasteiger partial charge on any atom is 0.151 e. The van der Waals surface area contributed by atoms with Gasteiger partial charge in [0, 0.05) is 30.7 Å². The largest absolute Gasteiger partial charge is 0.306 e. The quantitative estimate of drug-likeness (QED) is 0.903. The van der Waals surface area contributed by atoms with Crippen molar-refractivity contribution in [2.45, 2.75) is 43.5 Å². The van der Waals surface area contributed by atoms with E-state index in [4.69, 9.17) is 0 Å². The molecular formula is C13H20N2O2S. The number of pyridine rings is 1. The highest BCUT2D eigenvalue weighted by Crippen LogP contribution is 2.27. The smallest absolute Gasteiger partial charge is 0.151 e. The summed E-state index contributed by atoms with van der Waals surface area (Å²) in [4.78, 5) is 3.99. The van der Waals surface area contributed by atoms with E-state index in [1.165, 1.54) is 6.26 Å². The SMILES string of the molecule is C[C@H](NC1CCCC1S(C)(=O)=O)c1ccncc1. The van der Waals surface area contributed by atoms with Gasteiger partial charge in [0.05, 0.1) is 5.25 Å². The van der Waals surface area contributed by atoms with E-state index in [2.05, 4.69) is 17.2 Å². The van der Waals surface area contributed by atoms with Crippen LogP contribution in [0.1, 0.15) is 37.8 Å². The van der Waals surface area contributed by atoms with Gasteiger partial charge in [-0.25, -0.2) is 8.42 Å². The molecule has 5 heteroatoms. The minimum absolute atomic E-state index is 0.0724. The van der Waals surface area contributed by atoms with Crippen molar-refractivity contribution in [3.8, 4) is 0 Å². The van der Waals surface area contributed by atoms with Crippen LogP contribution in [0.3, 0.4) is 0 Å². The molecule has 0 aliphatic heterocycles. The summed E-state index contributed by atoms with van der Waals surface area (Å²) in [7, 11) is -2.95. The molecule has 0 bridgehead atoms. The standard InChI is InChI=1S/C13H20N2O2S/c1-10(11-6-8-14-9-7-11)15-12-4-3-5-13(12)18(2,16)17/h6-10,12-13,15H,3-5H2,1-2H3/t10-,12?,13?/m0/s1. The fourth-order valence-corrected chi connectivity index (χ4v) is 4.10. The zero-order valence-corrected chi connectivity index (χ0v) is 11.7. The van der Waals surface area contributed by atoms with E-state index < -0.39 is 9.84 Å². The number of aromatic nitrogens is 1. The van der Waals surface area contributed by atoms with Crippen LogP contribution < -0.4 is 5.32 Å². The number of hydrogen-bond donors (Lipinski definition) is 1. The maximum absolute atomic E-state index is 11.7. The second-order valence-corrected chi connectivity index (χ2v) is 7.34. The molecule has 1 saturated carbocycles. The van der Waals surface area contributed by atoms with Crippen LogP contribution in [0.25, 0.3) is 0 Å². The Labute approximate surface area is 109 Å². The van der Waals surface area contributed by atoms with Crippen LogP contribution in [0.4, 0.5) is 0 Å². The second-order valence-electron chi connectivity index (χ2n) is 5.07. The predicted octanol–water partition coefficient (Wildman–Crippen LogP) is 1.70. The molecule has 18 heavy (non-hydrogen) atoms. The van der Waals surface area contributed by atoms with Gasteiger partial charge in [-0.15, -0.1) is 0 Å². The highest BCUT2D eigenvalue weighted by Gasteiger charge is 2.35. The van der Waals surface area contributed by atoms with E-state index in [0.29, 0.717) is 0 Å². The van der Waals surface area contributed by atoms with Gasteiger partial charge in [-0.2, -0.15) is 0 Å². The normalized spacial score (nSPS) is 26.1. The highest BCUT2D eigenvalue weighted by molar-refractivity contribution is 7.91. The third kappa shape index (κ3) is 3.09. The second kappa shape index (κ2) is 5.36. The summed E-state index contributed by atoms with van der Waals surface area (Å²) in [6, 6.07) is 4.15. The Bertz CT molecular complexity index is 487. The number of nitrogens with one attached hydrogen (secondary N) is 1. The van der Waals surface area contributed by atoms with Gasteiger partial charge in [0.2, 0.25) is 0 Å². The molecule has 3 atom stereocenters. The van der Waals surface area contributed by atoms with Crippen molar-refractivity contribution in [3.63, 3.8) is 0 Å². The molecule has 1 aromatic rings. The summed E-state index contributed by atoms with van der Waals surface area (Å²) in [5.74, 6) is 0. The molecule has 0 radical (unpaired) electrons. The van der Waals surface area contributed by atoms with Gasteiger partial charge in [-0.1, -0.05) is 6.42 Å². The Morgan fingerprint density at radius 1 is 1.33 bits per heavy atom. The lowest BCUT2D eigenvalue weighted by atomic mass is 10.1. The van der Waals surface area contributed by atoms with E-state index in [-0.39, 0.29) is 17.3 Å². The van der Waals surface area contributed by atoms with Crippen molar-refractivity contribution in [2.75, 3.05) is 6.26 Å². The summed E-state index contributed by atoms with van der Waals surface area (Å²) < 4.78 is 23.4. The Morgan fingerprint density at radius 3 is 2.61 bits per heavy atom. The molecule has 1 N–H and O–H groups in total. The van der Waals surface area contributed by atoms with Crippen molar-refractivity contribution in [2.24, 2.45) is 0 Å². The molecule has 2 unspecified atom stereocenters. The molecule has 2 rings (SSSR count). The van der Waals surface area contributed by atoms with Crippen molar-refractivity contribution >= 4 is 9.84 Å². The maximum atomic E-state index is 11.7. The first-order chi connectivity index (χ1) is 8.48. The minimum atomic E-state index is -2.95. The zero-order chi connectivity index (χ0) is 13.2. The molecule has 1 aliphatic rings. The summed E-state index contributed by atoms with van der Waals surface area (Å²) in [6.45, 7) is 2.06. The van der Waals surface area contributed by atoms with Crippen molar-refractivity contribution in [1.29, 1.82) is 0 Å². The zero-order valence-electron chi connectivity index (χ0n) is 10.8. The fourth-order valence-electron chi connectivity index (χ4n) is 2.70. The molecule has 4 nitrogen and oxygen atoms in total. The first-order valence-corrected chi connectivity index (χ1v) is 8.29. The lowest BCUT2D eigenvalue weighted by Crippen LogP contribution is -2.41. The highest BCUT2D eigenvalue weighted by atomic mass is 32.2. The molecule has 0 amide bonds. The Hall–Kier alpha value is -0.940. The van der Waals surface area contributed by atoms with Crippen LogP contribution in [-0.4, -0.2) is 30.9 Å². The van der Waals surface area contributed by atoms with E-state index in [1.807, 2.05) is 12.1 Å². The lowest BCUT2D eigenvalue weighted by Gasteiger charge is -2.24. The molecule has 1 aromatic heterocycles. The van der Waals surface area contributed by atoms with Gasteiger partial charge < -0.3 is 5.32 Å². The van der Waals surface area contributed by atoms with Gasteiger partial charge in [0.1, 0.15) is 0 Å². The topological polar surface area (TPSA) is 59.1 Å². The van der Waals surface area contributed by atoms with Crippen molar-refractivity contribution in [1.82, 2.24) is 10.3 Å². The van der Waals surface area contributed by atoms with Crippen LogP contribution >= 0.6 is 0 Å². The van der Waals surface area contributed by atoms with Crippen molar-refractivity contribution < 1.29 is 8.42 Å². The van der Waals surface area contributed by atoms with Gasteiger partial charge in [0.15, 0.2) is 9.84 Å². The van der Waals surface area contributed by atoms with E-state index >= 15 is 0 Å². The van der Waals surface area contributed by atoms with Crippen LogP contribution in [0, 0.1) is 0 Å². The number of rotatable bonds is 4. The first kappa shape index (κ1) is 13.5. The van der Waals surface area contributed by atoms with Gasteiger partial charge in [0.25, 0.3) is 0 Å². The van der Waals surface area contributed by atoms with Crippen LogP contribution in [0.2, 0.25) is 0 Å². The Balaban J connectivity index is 2.05. The molecule has 0 aromatic carbocycles. The van der Waals surface area contributed by atoms with Crippen LogP contribution in [-0.2, 0) is 9.84 Å². The van der Waals surface area contributed by atoms with E-state index in [9.17, 15) is 8.42 Å². The van der Waals surface area contributed by atoms with Crippen LogP contribution in [0.15, 0.2) is 24.5 Å². The molecule has 100 valence electrons. The number of sulfone groups is 1. The van der Waals surface area contributed by atoms with Crippen LogP contribution in [0.5, 0.6) is 0 Å². The first-order valence-electron chi connectivity index (χ1n) is 6.33. The molecular weight excluding hydrogens is 248 g/mol. The Kier molecular flexibility index (Phi) is 4.02. The van der Waals surface area contributed by atoms with E-state index in [1.54, 1.807) is 12.4 Å². The molecule has 1 aliphatic carbocycles. The Morgan fingerprint density at radius 2 is 2.00 bits per heavy atom. The number of nitrogens with zero attached hydrogens (tertiary/aromatic N) is 1. The lowest BCUT2D eigenvalue weighted by molar-refractivity contribution is 0.455. The summed E-state index contributed by atoms with van der Waals surface area (Å²) in [5.41, 5.74) is 1.14. The average Bonchev–Trinajstić information content (AvgIpc) is 2.78. The minimum Gasteiger partial charge on any atom is -0.306 e. The summed E-state index contributed by atoms with van der Waals surface area (Å²) >= 11 is 0. The van der Waals surface area contributed by atoms with Gasteiger partial charge in [-0.05, 0) is 37.5 Å². The molecule has 0 spiro atoms. The summed E-state index contributed by atoms with van der Waals surface area (Å²) in [6.07, 6.45) is 7.56. The predicted molar refractivity (Wildman–Crippen MR) is 72.1 cm³/mol. The molecule has 1 heterocycles. The van der Waals surface area contributed by atoms with Gasteiger partial charge in [-0.3, -0.25) is 4.98 Å². The third-order valence-electron chi connectivity index (χ3n) is 3.67. The fraction of sp³-hybridized carbons (Fsp3) is 0.615.